The number of rotatable bonds is 7. The largest absolute Gasteiger partial charge is 0.316 e. The second-order valence-corrected chi connectivity index (χ2v) is 11.1. The first-order chi connectivity index (χ1) is 18.5. The van der Waals surface area contributed by atoms with Crippen LogP contribution in [0.25, 0.3) is 28.5 Å². The number of fused-ring (bicyclic) bond motifs is 1. The maximum absolute atomic E-state index is 15.3. The van der Waals surface area contributed by atoms with Crippen LogP contribution < -0.4 is 5.32 Å². The molecule has 4 heteroatoms. The van der Waals surface area contributed by atoms with Gasteiger partial charge in [0.25, 0.3) is 0 Å². The highest BCUT2D eigenvalue weighted by molar-refractivity contribution is 5.82. The minimum absolute atomic E-state index is 0.127. The van der Waals surface area contributed by atoms with E-state index in [1.165, 1.54) is 11.1 Å². The molecule has 1 aromatic heterocycles. The van der Waals surface area contributed by atoms with Crippen molar-refractivity contribution in [2.24, 2.45) is 11.8 Å². The van der Waals surface area contributed by atoms with Crippen LogP contribution in [0.3, 0.4) is 0 Å². The van der Waals surface area contributed by atoms with E-state index in [1.54, 1.807) is 0 Å². The number of piperidine rings is 1. The van der Waals surface area contributed by atoms with Crippen LogP contribution in [0.4, 0.5) is 4.39 Å². The molecule has 0 amide bonds. The van der Waals surface area contributed by atoms with E-state index in [2.05, 4.69) is 60.8 Å². The van der Waals surface area contributed by atoms with E-state index in [4.69, 9.17) is 4.98 Å². The second kappa shape index (κ2) is 11.6. The molecular weight excluding hydrogens is 469 g/mol. The zero-order chi connectivity index (χ0) is 26.5. The van der Waals surface area contributed by atoms with Crippen LogP contribution in [0.2, 0.25) is 0 Å². The van der Waals surface area contributed by atoms with E-state index in [0.717, 1.165) is 73.3 Å². The van der Waals surface area contributed by atoms with E-state index in [9.17, 15) is 5.26 Å². The number of hydrogen-bond donors (Lipinski definition) is 1. The molecule has 1 N–H and O–H groups in total. The Hall–Kier alpha value is -3.29. The van der Waals surface area contributed by atoms with Gasteiger partial charge in [-0.2, -0.15) is 5.26 Å². The lowest BCUT2D eigenvalue weighted by molar-refractivity contribution is 0.0375. The van der Waals surface area contributed by atoms with Gasteiger partial charge in [-0.05, 0) is 93.3 Å². The minimum atomic E-state index is -1.00. The Morgan fingerprint density at radius 2 is 1.84 bits per heavy atom. The monoisotopic (exact) mass is 507 g/mol. The smallest absolute Gasteiger partial charge is 0.116 e. The van der Waals surface area contributed by atoms with E-state index < -0.39 is 5.67 Å². The van der Waals surface area contributed by atoms with E-state index in [-0.39, 0.29) is 5.92 Å². The average molecular weight is 508 g/mol. The number of alkyl halides is 1. The van der Waals surface area contributed by atoms with E-state index in [0.29, 0.717) is 24.3 Å². The Labute approximate surface area is 226 Å². The predicted molar refractivity (Wildman–Crippen MR) is 154 cm³/mol. The summed E-state index contributed by atoms with van der Waals surface area (Å²) in [5.74, 6) is 0.611. The van der Waals surface area contributed by atoms with Crippen LogP contribution >= 0.6 is 0 Å². The molecule has 3 atom stereocenters. The van der Waals surface area contributed by atoms with Crippen LogP contribution in [0.1, 0.15) is 67.8 Å². The number of benzene rings is 2. The fourth-order valence-electron chi connectivity index (χ4n) is 6.11. The molecule has 1 saturated heterocycles. The van der Waals surface area contributed by atoms with Gasteiger partial charge in [0.1, 0.15) is 5.67 Å². The Bertz CT molecular complexity index is 1320. The third-order valence-electron chi connectivity index (χ3n) is 8.65. The Kier molecular flexibility index (Phi) is 8.05. The first-order valence-electron chi connectivity index (χ1n) is 14.2. The Morgan fingerprint density at radius 3 is 2.58 bits per heavy atom. The SMILES string of the molecule is CCC1(F)CCNCC1CCCC1C=Cc2nc(-c3ccc(C)cc3)c(-c3ccc(C#N)cc3)cc2CC1. The average Bonchev–Trinajstić information content (AvgIpc) is 3.16. The standard InChI is InChI=1S/C34H38FN3/c1-3-34(35)19-20-37-23-30(34)6-4-5-25-9-17-29-21-31(27-15-10-26(22-36)11-16-27)33(38-32(29)18-12-25)28-13-7-24(2)8-14-28/h7-8,10-16,18,21,25,30,37H,3-6,9,17,19-20,23H2,1-2H3. The molecule has 5 rings (SSSR count). The maximum atomic E-state index is 15.3. The number of pyridine rings is 1. The summed E-state index contributed by atoms with van der Waals surface area (Å²) in [5.41, 5.74) is 7.44. The number of hydrogen-bond acceptors (Lipinski definition) is 3. The van der Waals surface area contributed by atoms with Crippen molar-refractivity contribution in [1.29, 1.82) is 5.26 Å². The molecule has 0 bridgehead atoms. The molecule has 0 saturated carbocycles. The molecule has 1 aliphatic carbocycles. The summed E-state index contributed by atoms with van der Waals surface area (Å²) in [6.07, 6.45) is 11.0. The summed E-state index contributed by atoms with van der Waals surface area (Å²) < 4.78 is 15.3. The topological polar surface area (TPSA) is 48.7 Å². The molecule has 38 heavy (non-hydrogen) atoms. The highest BCUT2D eigenvalue weighted by atomic mass is 19.1. The summed E-state index contributed by atoms with van der Waals surface area (Å²) in [4.78, 5) is 5.20. The molecule has 3 unspecified atom stereocenters. The van der Waals surface area contributed by atoms with Gasteiger partial charge in [-0.15, -0.1) is 0 Å². The highest BCUT2D eigenvalue weighted by Crippen LogP contribution is 2.38. The van der Waals surface area contributed by atoms with Gasteiger partial charge >= 0.3 is 0 Å². The number of nitrogens with one attached hydrogen (secondary N) is 1. The zero-order valence-corrected chi connectivity index (χ0v) is 22.6. The van der Waals surface area contributed by atoms with Crippen molar-refractivity contribution in [3.63, 3.8) is 0 Å². The first-order valence-corrected chi connectivity index (χ1v) is 14.2. The van der Waals surface area contributed by atoms with Crippen molar-refractivity contribution in [3.05, 3.63) is 83.1 Å². The van der Waals surface area contributed by atoms with Crippen LogP contribution in [-0.2, 0) is 6.42 Å². The van der Waals surface area contributed by atoms with Gasteiger partial charge in [0.2, 0.25) is 0 Å². The number of aromatic nitrogens is 1. The second-order valence-electron chi connectivity index (χ2n) is 11.1. The molecule has 2 aromatic carbocycles. The summed E-state index contributed by atoms with van der Waals surface area (Å²) in [6.45, 7) is 5.69. The van der Waals surface area contributed by atoms with Gasteiger partial charge in [0.05, 0.1) is 23.0 Å². The van der Waals surface area contributed by atoms with Crippen molar-refractivity contribution in [2.45, 2.75) is 64.5 Å². The third kappa shape index (κ3) is 5.74. The number of nitriles is 1. The number of aryl methyl sites for hydroxylation is 2. The van der Waals surface area contributed by atoms with Gasteiger partial charge in [0.15, 0.2) is 0 Å². The highest BCUT2D eigenvalue weighted by Gasteiger charge is 2.38. The molecule has 196 valence electrons. The summed E-state index contributed by atoms with van der Waals surface area (Å²) in [7, 11) is 0. The van der Waals surface area contributed by atoms with Crippen LogP contribution in [0.15, 0.2) is 60.7 Å². The molecule has 0 radical (unpaired) electrons. The normalized spacial score (nSPS) is 22.9. The van der Waals surface area contributed by atoms with Gasteiger partial charge in [0, 0.05) is 23.6 Å². The lowest BCUT2D eigenvalue weighted by atomic mass is 9.78. The van der Waals surface area contributed by atoms with Crippen molar-refractivity contribution in [2.75, 3.05) is 13.1 Å². The quantitative estimate of drug-likeness (QED) is 0.352. The molecule has 0 spiro atoms. The molecule has 2 heterocycles. The van der Waals surface area contributed by atoms with Crippen LogP contribution in [-0.4, -0.2) is 23.7 Å². The predicted octanol–water partition coefficient (Wildman–Crippen LogP) is 8.07. The minimum Gasteiger partial charge on any atom is -0.316 e. The lowest BCUT2D eigenvalue weighted by Crippen LogP contribution is -2.46. The first kappa shape index (κ1) is 26.3. The van der Waals surface area contributed by atoms with Crippen molar-refractivity contribution in [1.82, 2.24) is 10.3 Å². The lowest BCUT2D eigenvalue weighted by Gasteiger charge is -2.38. The number of halogens is 1. The zero-order valence-electron chi connectivity index (χ0n) is 22.6. The van der Waals surface area contributed by atoms with Crippen LogP contribution in [0, 0.1) is 30.1 Å². The molecule has 2 aliphatic rings. The molecule has 1 aliphatic heterocycles. The summed E-state index contributed by atoms with van der Waals surface area (Å²) in [5, 5.41) is 12.7. The number of nitrogens with zero attached hydrogens (tertiary/aromatic N) is 2. The van der Waals surface area contributed by atoms with Crippen molar-refractivity contribution >= 4 is 6.08 Å². The Balaban J connectivity index is 1.36. The van der Waals surface area contributed by atoms with Crippen molar-refractivity contribution in [3.8, 4) is 28.5 Å². The molecule has 3 nitrogen and oxygen atoms in total. The number of allylic oxidation sites excluding steroid dienone is 1. The van der Waals surface area contributed by atoms with Crippen LogP contribution in [0.5, 0.6) is 0 Å². The van der Waals surface area contributed by atoms with Gasteiger partial charge in [-0.1, -0.05) is 61.4 Å². The van der Waals surface area contributed by atoms with Gasteiger partial charge < -0.3 is 5.32 Å². The fraction of sp³-hybridized carbons (Fsp3) is 0.412. The third-order valence-corrected chi connectivity index (χ3v) is 8.65. The molecular formula is C34H38FN3. The molecule has 3 aromatic rings. The summed E-state index contributed by atoms with van der Waals surface area (Å²) >= 11 is 0. The summed E-state index contributed by atoms with van der Waals surface area (Å²) in [6, 6.07) is 20.9. The van der Waals surface area contributed by atoms with Gasteiger partial charge in [-0.3, -0.25) is 0 Å². The maximum Gasteiger partial charge on any atom is 0.116 e. The Morgan fingerprint density at radius 1 is 1.08 bits per heavy atom. The molecule has 1 fully saturated rings. The van der Waals surface area contributed by atoms with Crippen molar-refractivity contribution < 1.29 is 4.39 Å². The van der Waals surface area contributed by atoms with E-state index >= 15 is 4.39 Å². The van der Waals surface area contributed by atoms with E-state index in [1.807, 2.05) is 31.2 Å². The van der Waals surface area contributed by atoms with Gasteiger partial charge in [-0.25, -0.2) is 9.37 Å². The fourth-order valence-corrected chi connectivity index (χ4v) is 6.11.